The summed E-state index contributed by atoms with van der Waals surface area (Å²) in [5, 5.41) is 9.09. The summed E-state index contributed by atoms with van der Waals surface area (Å²) in [6.45, 7) is 0. The molecule has 1 N–H and O–H groups in total. The number of nitrogens with zero attached hydrogens (tertiary/aromatic N) is 1. The monoisotopic (exact) mass is 223 g/mol. The summed E-state index contributed by atoms with van der Waals surface area (Å²) in [4.78, 5) is 23.4. The van der Waals surface area contributed by atoms with Crippen molar-refractivity contribution < 1.29 is 19.4 Å². The standard InChI is InChI=1S/C11H13NO4/c1-12(11(15)16-2)9(10(13)14)8-6-4-3-5-7-8/h3-7,9H,1-2H3,(H,13,14)/t9-/m1/s1. The molecule has 0 spiro atoms. The molecule has 1 amide bonds. The Morgan fingerprint density at radius 3 is 2.31 bits per heavy atom. The number of hydrogen-bond donors (Lipinski definition) is 1. The average Bonchev–Trinajstić information content (AvgIpc) is 2.29. The summed E-state index contributed by atoms with van der Waals surface area (Å²) in [6, 6.07) is 7.48. The number of methoxy groups -OCH3 is 1. The number of carboxylic acid groups (broad SMARTS) is 1. The first-order chi connectivity index (χ1) is 7.57. The Morgan fingerprint density at radius 2 is 1.88 bits per heavy atom. The van der Waals surface area contributed by atoms with Crippen molar-refractivity contribution in [2.24, 2.45) is 0 Å². The zero-order valence-corrected chi connectivity index (χ0v) is 9.08. The van der Waals surface area contributed by atoms with Crippen molar-refractivity contribution in [1.29, 1.82) is 0 Å². The van der Waals surface area contributed by atoms with E-state index in [0.717, 1.165) is 4.90 Å². The molecule has 1 atom stereocenters. The minimum Gasteiger partial charge on any atom is -0.479 e. The van der Waals surface area contributed by atoms with Crippen LogP contribution in [0, 0.1) is 0 Å². The highest BCUT2D eigenvalue weighted by atomic mass is 16.5. The fraction of sp³-hybridized carbons (Fsp3) is 0.273. The van der Waals surface area contributed by atoms with Gasteiger partial charge >= 0.3 is 12.1 Å². The molecule has 1 aromatic rings. The first-order valence-corrected chi connectivity index (χ1v) is 4.66. The van der Waals surface area contributed by atoms with Crippen LogP contribution in [0.3, 0.4) is 0 Å². The minimum absolute atomic E-state index is 0.530. The summed E-state index contributed by atoms with van der Waals surface area (Å²) in [5.41, 5.74) is 0.530. The number of hydrogen-bond acceptors (Lipinski definition) is 3. The third-order valence-electron chi connectivity index (χ3n) is 2.20. The lowest BCUT2D eigenvalue weighted by atomic mass is 10.1. The van der Waals surface area contributed by atoms with E-state index < -0.39 is 18.1 Å². The molecule has 0 heterocycles. The van der Waals surface area contributed by atoms with Gasteiger partial charge in [0.2, 0.25) is 0 Å². The maximum atomic E-state index is 11.3. The smallest absolute Gasteiger partial charge is 0.410 e. The van der Waals surface area contributed by atoms with Crippen LogP contribution in [0.25, 0.3) is 0 Å². The summed E-state index contributed by atoms with van der Waals surface area (Å²) in [7, 11) is 2.60. The Morgan fingerprint density at radius 1 is 1.31 bits per heavy atom. The zero-order valence-electron chi connectivity index (χ0n) is 9.08. The molecule has 0 fully saturated rings. The molecule has 0 saturated heterocycles. The molecule has 0 aliphatic carbocycles. The molecule has 5 nitrogen and oxygen atoms in total. The fourth-order valence-electron chi connectivity index (χ4n) is 1.42. The molecular formula is C11H13NO4. The van der Waals surface area contributed by atoms with Crippen molar-refractivity contribution in [1.82, 2.24) is 4.90 Å². The van der Waals surface area contributed by atoms with E-state index in [-0.39, 0.29) is 0 Å². The summed E-state index contributed by atoms with van der Waals surface area (Å²) < 4.78 is 4.49. The van der Waals surface area contributed by atoms with Gasteiger partial charge in [-0.15, -0.1) is 0 Å². The molecule has 0 saturated carbocycles. The Hall–Kier alpha value is -2.04. The van der Waals surface area contributed by atoms with Crippen LogP contribution in [-0.4, -0.2) is 36.2 Å². The van der Waals surface area contributed by atoms with Crippen molar-refractivity contribution >= 4 is 12.1 Å². The number of likely N-dealkylation sites (N-methyl/N-ethyl adjacent to an activating group) is 1. The van der Waals surface area contributed by atoms with Crippen LogP contribution in [0.1, 0.15) is 11.6 Å². The van der Waals surface area contributed by atoms with Gasteiger partial charge in [0.25, 0.3) is 0 Å². The molecule has 0 aliphatic heterocycles. The molecule has 86 valence electrons. The zero-order chi connectivity index (χ0) is 12.1. The topological polar surface area (TPSA) is 66.8 Å². The molecule has 0 aliphatic rings. The van der Waals surface area contributed by atoms with Crippen molar-refractivity contribution in [3.8, 4) is 0 Å². The molecule has 16 heavy (non-hydrogen) atoms. The third-order valence-corrected chi connectivity index (χ3v) is 2.20. The molecule has 0 bridgehead atoms. The summed E-state index contributed by atoms with van der Waals surface area (Å²) in [6.07, 6.45) is -0.684. The Bertz CT molecular complexity index is 377. The molecule has 1 rings (SSSR count). The number of carbonyl (C=O) groups excluding carboxylic acids is 1. The second-order valence-corrected chi connectivity index (χ2v) is 3.23. The van der Waals surface area contributed by atoms with Gasteiger partial charge in [-0.1, -0.05) is 30.3 Å². The highest BCUT2D eigenvalue weighted by Gasteiger charge is 2.28. The maximum Gasteiger partial charge on any atom is 0.410 e. The van der Waals surface area contributed by atoms with Crippen LogP contribution in [0.15, 0.2) is 30.3 Å². The number of rotatable bonds is 3. The van der Waals surface area contributed by atoms with Gasteiger partial charge in [0.15, 0.2) is 6.04 Å². The molecule has 1 aromatic carbocycles. The van der Waals surface area contributed by atoms with Gasteiger partial charge in [0, 0.05) is 7.05 Å². The predicted molar refractivity (Wildman–Crippen MR) is 57.0 cm³/mol. The number of carbonyl (C=O) groups is 2. The molecule has 0 aromatic heterocycles. The number of aliphatic carboxylic acids is 1. The Labute approximate surface area is 93.2 Å². The largest absolute Gasteiger partial charge is 0.479 e. The van der Waals surface area contributed by atoms with Gasteiger partial charge < -0.3 is 9.84 Å². The van der Waals surface area contributed by atoms with E-state index in [9.17, 15) is 9.59 Å². The Balaban J connectivity index is 3.01. The van der Waals surface area contributed by atoms with E-state index >= 15 is 0 Å². The lowest BCUT2D eigenvalue weighted by Gasteiger charge is -2.23. The van der Waals surface area contributed by atoms with Gasteiger partial charge in [-0.3, -0.25) is 4.90 Å². The third kappa shape index (κ3) is 2.50. The molecule has 0 radical (unpaired) electrons. The van der Waals surface area contributed by atoms with E-state index in [1.807, 2.05) is 0 Å². The van der Waals surface area contributed by atoms with Gasteiger partial charge in [-0.25, -0.2) is 9.59 Å². The van der Waals surface area contributed by atoms with Crippen molar-refractivity contribution in [2.45, 2.75) is 6.04 Å². The Kier molecular flexibility index (Phi) is 3.88. The molecule has 0 unspecified atom stereocenters. The van der Waals surface area contributed by atoms with Crippen molar-refractivity contribution in [3.63, 3.8) is 0 Å². The van der Waals surface area contributed by atoms with Crippen LogP contribution in [0.4, 0.5) is 4.79 Å². The van der Waals surface area contributed by atoms with Crippen LogP contribution in [0.5, 0.6) is 0 Å². The van der Waals surface area contributed by atoms with E-state index in [1.54, 1.807) is 30.3 Å². The second kappa shape index (κ2) is 5.16. The highest BCUT2D eigenvalue weighted by Crippen LogP contribution is 2.19. The number of ether oxygens (including phenoxy) is 1. The minimum atomic E-state index is -1.10. The summed E-state index contributed by atoms with van der Waals surface area (Å²) in [5.74, 6) is -1.10. The number of amides is 1. The van der Waals surface area contributed by atoms with Crippen LogP contribution in [0.2, 0.25) is 0 Å². The second-order valence-electron chi connectivity index (χ2n) is 3.23. The maximum absolute atomic E-state index is 11.3. The molecule has 5 heteroatoms. The van der Waals surface area contributed by atoms with E-state index in [0.29, 0.717) is 5.56 Å². The lowest BCUT2D eigenvalue weighted by molar-refractivity contribution is -0.142. The fourth-order valence-corrected chi connectivity index (χ4v) is 1.42. The van der Waals surface area contributed by atoms with E-state index in [1.165, 1.54) is 14.2 Å². The van der Waals surface area contributed by atoms with Crippen molar-refractivity contribution in [3.05, 3.63) is 35.9 Å². The van der Waals surface area contributed by atoms with E-state index in [4.69, 9.17) is 5.11 Å². The normalized spacial score (nSPS) is 11.6. The van der Waals surface area contributed by atoms with Crippen LogP contribution in [-0.2, 0) is 9.53 Å². The van der Waals surface area contributed by atoms with Crippen LogP contribution >= 0.6 is 0 Å². The first kappa shape index (κ1) is 12.0. The van der Waals surface area contributed by atoms with E-state index in [2.05, 4.69) is 4.74 Å². The van der Waals surface area contributed by atoms with Gasteiger partial charge in [0.1, 0.15) is 0 Å². The number of carboxylic acids is 1. The first-order valence-electron chi connectivity index (χ1n) is 4.66. The van der Waals surface area contributed by atoms with Gasteiger partial charge in [-0.2, -0.15) is 0 Å². The van der Waals surface area contributed by atoms with Crippen LogP contribution < -0.4 is 0 Å². The van der Waals surface area contributed by atoms with Gasteiger partial charge in [-0.05, 0) is 5.56 Å². The number of benzene rings is 1. The average molecular weight is 223 g/mol. The SMILES string of the molecule is COC(=O)N(C)[C@@H](C(=O)O)c1ccccc1. The quantitative estimate of drug-likeness (QED) is 0.843. The highest BCUT2D eigenvalue weighted by molar-refractivity contribution is 5.81. The summed E-state index contributed by atoms with van der Waals surface area (Å²) >= 11 is 0. The lowest BCUT2D eigenvalue weighted by Crippen LogP contribution is -2.35. The van der Waals surface area contributed by atoms with Gasteiger partial charge in [0.05, 0.1) is 7.11 Å². The molecular weight excluding hydrogens is 210 g/mol. The predicted octanol–water partition coefficient (Wildman–Crippen LogP) is 1.51. The van der Waals surface area contributed by atoms with Crippen molar-refractivity contribution in [2.75, 3.05) is 14.2 Å².